The Morgan fingerprint density at radius 2 is 1.78 bits per heavy atom. The molecule has 2 N–H and O–H groups in total. The predicted molar refractivity (Wildman–Crippen MR) is 106 cm³/mol. The number of aromatic nitrogens is 2. The molecule has 0 aliphatic heterocycles. The summed E-state index contributed by atoms with van der Waals surface area (Å²) in [6.45, 7) is 9.64. The van der Waals surface area contributed by atoms with Crippen LogP contribution in [0.1, 0.15) is 53.0 Å². The van der Waals surface area contributed by atoms with Gasteiger partial charge in [0.25, 0.3) is 11.8 Å². The second-order valence-electron chi connectivity index (χ2n) is 7.72. The number of benzene rings is 1. The van der Waals surface area contributed by atoms with Crippen molar-refractivity contribution in [1.82, 2.24) is 14.7 Å². The van der Waals surface area contributed by atoms with Crippen molar-refractivity contribution >= 4 is 23.0 Å². The molecule has 27 heavy (non-hydrogen) atoms. The van der Waals surface area contributed by atoms with Crippen LogP contribution in [0.15, 0.2) is 42.6 Å². The second-order valence-corrected chi connectivity index (χ2v) is 7.72. The van der Waals surface area contributed by atoms with E-state index in [1.165, 1.54) is 0 Å². The summed E-state index contributed by atoms with van der Waals surface area (Å²) in [5, 5.41) is 5.79. The monoisotopic (exact) mass is 364 g/mol. The van der Waals surface area contributed by atoms with Crippen LogP contribution >= 0.6 is 0 Å². The van der Waals surface area contributed by atoms with Gasteiger partial charge in [0.05, 0.1) is 5.52 Å². The van der Waals surface area contributed by atoms with Crippen LogP contribution in [0, 0.1) is 13.8 Å². The number of pyridine rings is 1. The molecule has 2 aromatic heterocycles. The maximum Gasteiger partial charge on any atom is 0.292 e. The topological polar surface area (TPSA) is 75.5 Å². The summed E-state index contributed by atoms with van der Waals surface area (Å²) < 4.78 is 1.64. The zero-order valence-electron chi connectivity index (χ0n) is 16.3. The average molecular weight is 364 g/mol. The lowest BCUT2D eigenvalue weighted by atomic mass is 10.1. The first kappa shape index (κ1) is 18.6. The Balaban J connectivity index is 1.99. The van der Waals surface area contributed by atoms with Crippen molar-refractivity contribution in [2.24, 2.45) is 0 Å². The second kappa shape index (κ2) is 6.87. The fourth-order valence-electron chi connectivity index (χ4n) is 2.90. The minimum atomic E-state index is -0.400. The van der Waals surface area contributed by atoms with E-state index in [1.807, 2.05) is 58.9 Å². The van der Waals surface area contributed by atoms with Gasteiger partial charge in [-0.3, -0.25) is 14.0 Å². The molecule has 0 atom stereocenters. The number of fused-ring (bicyclic) bond motifs is 1. The molecule has 0 fully saturated rings. The number of carbonyl (C=O) groups excluding carboxylic acids is 2. The summed E-state index contributed by atoms with van der Waals surface area (Å²) in [5.41, 5.74) is 3.23. The smallest absolute Gasteiger partial charge is 0.292 e. The van der Waals surface area contributed by atoms with Crippen LogP contribution in [0.25, 0.3) is 5.52 Å². The fraction of sp³-hybridized carbons (Fsp3) is 0.286. The maximum atomic E-state index is 12.9. The molecule has 2 amide bonds. The van der Waals surface area contributed by atoms with Crippen molar-refractivity contribution in [1.29, 1.82) is 0 Å². The molecular weight excluding hydrogens is 340 g/mol. The van der Waals surface area contributed by atoms with E-state index in [0.29, 0.717) is 5.52 Å². The minimum absolute atomic E-state index is 0.171. The molecule has 6 heteroatoms. The highest BCUT2D eigenvalue weighted by Crippen LogP contribution is 2.19. The molecule has 6 nitrogen and oxygen atoms in total. The highest BCUT2D eigenvalue weighted by molar-refractivity contribution is 6.06. The Morgan fingerprint density at radius 1 is 1.04 bits per heavy atom. The van der Waals surface area contributed by atoms with Gasteiger partial charge in [-0.25, -0.2) is 4.98 Å². The van der Waals surface area contributed by atoms with Crippen molar-refractivity contribution in [2.75, 3.05) is 5.32 Å². The Morgan fingerprint density at radius 3 is 2.44 bits per heavy atom. The largest absolute Gasteiger partial charge is 0.346 e. The summed E-state index contributed by atoms with van der Waals surface area (Å²) in [5.74, 6) is -0.501. The number of hydrogen-bond donors (Lipinski definition) is 2. The third-order valence-corrected chi connectivity index (χ3v) is 4.09. The standard InChI is InChI=1S/C21H24N4O2/c1-13-9-10-15(14(2)12-13)22-20(27)18-23-17(19(26)24-21(3,4)5)16-8-6-7-11-25(16)18/h6-12H,1-5H3,(H,22,27)(H,24,26). The first-order valence-electron chi connectivity index (χ1n) is 8.84. The molecular formula is C21H24N4O2. The summed E-state index contributed by atoms with van der Waals surface area (Å²) in [4.78, 5) is 29.9. The van der Waals surface area contributed by atoms with Crippen molar-refractivity contribution in [3.05, 3.63) is 65.2 Å². The van der Waals surface area contributed by atoms with Crippen molar-refractivity contribution < 1.29 is 9.59 Å². The third-order valence-electron chi connectivity index (χ3n) is 4.09. The average Bonchev–Trinajstić information content (AvgIpc) is 2.96. The van der Waals surface area contributed by atoms with E-state index >= 15 is 0 Å². The number of carbonyl (C=O) groups is 2. The molecule has 3 aromatic rings. The molecule has 0 aliphatic carbocycles. The Bertz CT molecular complexity index is 1030. The molecule has 3 rings (SSSR count). The molecule has 0 saturated carbocycles. The lowest BCUT2D eigenvalue weighted by Gasteiger charge is -2.19. The van der Waals surface area contributed by atoms with Crippen LogP contribution in [0.5, 0.6) is 0 Å². The Hall–Kier alpha value is -3.15. The predicted octanol–water partition coefficient (Wildman–Crippen LogP) is 3.73. The minimum Gasteiger partial charge on any atom is -0.346 e. The SMILES string of the molecule is Cc1ccc(NC(=O)c2nc(C(=O)NC(C)(C)C)c3ccccn23)c(C)c1. The van der Waals surface area contributed by atoms with Gasteiger partial charge in [-0.05, 0) is 58.4 Å². The fourth-order valence-corrected chi connectivity index (χ4v) is 2.90. The number of amides is 2. The van der Waals surface area contributed by atoms with Gasteiger partial charge in [-0.15, -0.1) is 0 Å². The Kier molecular flexibility index (Phi) is 4.74. The van der Waals surface area contributed by atoms with Crippen molar-refractivity contribution in [3.8, 4) is 0 Å². The van der Waals surface area contributed by atoms with Crippen molar-refractivity contribution in [2.45, 2.75) is 40.2 Å². The van der Waals surface area contributed by atoms with Crippen LogP contribution in [0.4, 0.5) is 5.69 Å². The van der Waals surface area contributed by atoms with E-state index in [-0.39, 0.29) is 23.3 Å². The lowest BCUT2D eigenvalue weighted by molar-refractivity contribution is 0.0916. The number of rotatable bonds is 3. The number of nitrogens with zero attached hydrogens (tertiary/aromatic N) is 2. The highest BCUT2D eigenvalue weighted by Gasteiger charge is 2.24. The zero-order chi connectivity index (χ0) is 19.8. The van der Waals surface area contributed by atoms with Gasteiger partial charge in [-0.1, -0.05) is 23.8 Å². The Labute approximate surface area is 158 Å². The molecule has 0 bridgehead atoms. The first-order valence-corrected chi connectivity index (χ1v) is 8.84. The van der Waals surface area contributed by atoms with Crippen LogP contribution in [0.2, 0.25) is 0 Å². The quantitative estimate of drug-likeness (QED) is 0.743. The van der Waals surface area contributed by atoms with E-state index in [0.717, 1.165) is 16.8 Å². The number of aryl methyl sites for hydroxylation is 2. The van der Waals surface area contributed by atoms with E-state index in [1.54, 1.807) is 22.7 Å². The molecule has 0 saturated heterocycles. The van der Waals surface area contributed by atoms with Gasteiger partial charge in [0, 0.05) is 17.4 Å². The van der Waals surface area contributed by atoms with Crippen LogP contribution in [-0.2, 0) is 0 Å². The van der Waals surface area contributed by atoms with Crippen LogP contribution < -0.4 is 10.6 Å². The molecule has 0 spiro atoms. The highest BCUT2D eigenvalue weighted by atomic mass is 16.2. The summed E-state index contributed by atoms with van der Waals surface area (Å²) in [6, 6.07) is 11.2. The molecule has 2 heterocycles. The van der Waals surface area contributed by atoms with Gasteiger partial charge in [0.2, 0.25) is 5.82 Å². The first-order chi connectivity index (χ1) is 12.7. The normalized spacial score (nSPS) is 11.4. The number of anilines is 1. The molecule has 0 radical (unpaired) electrons. The summed E-state index contributed by atoms with van der Waals surface area (Å²) >= 11 is 0. The van der Waals surface area contributed by atoms with Gasteiger partial charge < -0.3 is 10.6 Å². The van der Waals surface area contributed by atoms with E-state index < -0.39 is 5.54 Å². The van der Waals surface area contributed by atoms with Gasteiger partial charge in [0.1, 0.15) is 0 Å². The van der Waals surface area contributed by atoms with Gasteiger partial charge in [-0.2, -0.15) is 0 Å². The molecule has 140 valence electrons. The number of hydrogen-bond acceptors (Lipinski definition) is 3. The summed E-state index contributed by atoms with van der Waals surface area (Å²) in [7, 11) is 0. The van der Waals surface area contributed by atoms with Crippen LogP contribution in [0.3, 0.4) is 0 Å². The molecule has 1 aromatic carbocycles. The number of imidazole rings is 1. The van der Waals surface area contributed by atoms with E-state index in [9.17, 15) is 9.59 Å². The lowest BCUT2D eigenvalue weighted by Crippen LogP contribution is -2.40. The molecule has 0 aliphatic rings. The third kappa shape index (κ3) is 4.00. The summed E-state index contributed by atoms with van der Waals surface area (Å²) in [6.07, 6.45) is 1.73. The maximum absolute atomic E-state index is 12.9. The zero-order valence-corrected chi connectivity index (χ0v) is 16.3. The van der Waals surface area contributed by atoms with Crippen molar-refractivity contribution in [3.63, 3.8) is 0 Å². The number of nitrogens with one attached hydrogen (secondary N) is 2. The molecule has 0 unspecified atom stereocenters. The van der Waals surface area contributed by atoms with Gasteiger partial charge in [0.15, 0.2) is 5.69 Å². The van der Waals surface area contributed by atoms with Crippen LogP contribution in [-0.4, -0.2) is 26.7 Å². The van der Waals surface area contributed by atoms with E-state index in [2.05, 4.69) is 15.6 Å². The van der Waals surface area contributed by atoms with E-state index in [4.69, 9.17) is 0 Å². The van der Waals surface area contributed by atoms with Gasteiger partial charge >= 0.3 is 0 Å².